The predicted octanol–water partition coefficient (Wildman–Crippen LogP) is 4.26. The zero-order chi connectivity index (χ0) is 16.8. The van der Waals surface area contributed by atoms with Crippen molar-refractivity contribution in [2.24, 2.45) is 0 Å². The lowest BCUT2D eigenvalue weighted by molar-refractivity contribution is -0.139. The maximum absolute atomic E-state index is 11.7. The minimum atomic E-state index is -0.477. The number of ether oxygens (including phenoxy) is 1. The summed E-state index contributed by atoms with van der Waals surface area (Å²) in [5.74, 6) is 0.235. The first-order chi connectivity index (χ1) is 11.7. The molecular weight excluding hydrogens is 372 g/mol. The first kappa shape index (κ1) is 16.1. The largest absolute Gasteiger partial charge is 0.452 e. The molecule has 1 aromatic heterocycles. The highest BCUT2D eigenvalue weighted by molar-refractivity contribution is 9.10. The Morgan fingerprint density at radius 3 is 2.79 bits per heavy atom. The van der Waals surface area contributed by atoms with E-state index in [1.807, 2.05) is 54.6 Å². The van der Waals surface area contributed by atoms with Gasteiger partial charge in [0.15, 0.2) is 6.61 Å². The summed E-state index contributed by atoms with van der Waals surface area (Å²) >= 11 is 3.37. The Morgan fingerprint density at radius 2 is 2.00 bits per heavy atom. The third-order valence-electron chi connectivity index (χ3n) is 3.10. The molecule has 0 aliphatic heterocycles. The Labute approximate surface area is 147 Å². The zero-order valence-electron chi connectivity index (χ0n) is 12.6. The van der Waals surface area contributed by atoms with Crippen LogP contribution in [0, 0.1) is 0 Å². The van der Waals surface area contributed by atoms with Gasteiger partial charge in [-0.05, 0) is 23.8 Å². The van der Waals surface area contributed by atoms with Gasteiger partial charge in [-0.2, -0.15) is 4.98 Å². The SMILES string of the molecule is O=C(/C=C/c1cccc(Br)c1)OCc1nc(-c2ccccc2)no1. The average Bonchev–Trinajstić information content (AvgIpc) is 3.08. The van der Waals surface area contributed by atoms with E-state index in [0.717, 1.165) is 15.6 Å². The van der Waals surface area contributed by atoms with Gasteiger partial charge in [-0.15, -0.1) is 0 Å². The summed E-state index contributed by atoms with van der Waals surface area (Å²) < 4.78 is 11.1. The van der Waals surface area contributed by atoms with Crippen molar-refractivity contribution in [3.8, 4) is 11.4 Å². The number of nitrogens with zero attached hydrogens (tertiary/aromatic N) is 2. The van der Waals surface area contributed by atoms with Crippen molar-refractivity contribution >= 4 is 28.0 Å². The molecule has 24 heavy (non-hydrogen) atoms. The van der Waals surface area contributed by atoms with Crippen molar-refractivity contribution in [1.82, 2.24) is 10.1 Å². The highest BCUT2D eigenvalue weighted by Gasteiger charge is 2.09. The summed E-state index contributed by atoms with van der Waals surface area (Å²) in [5.41, 5.74) is 1.74. The van der Waals surface area contributed by atoms with Gasteiger partial charge in [-0.3, -0.25) is 0 Å². The lowest BCUT2D eigenvalue weighted by Gasteiger charge is -1.97. The van der Waals surface area contributed by atoms with Gasteiger partial charge in [-0.25, -0.2) is 4.79 Å². The van der Waals surface area contributed by atoms with Crippen molar-refractivity contribution in [2.75, 3.05) is 0 Å². The summed E-state index contributed by atoms with van der Waals surface area (Å²) in [6, 6.07) is 17.0. The van der Waals surface area contributed by atoms with Crippen LogP contribution >= 0.6 is 15.9 Å². The molecule has 0 saturated heterocycles. The summed E-state index contributed by atoms with van der Waals surface area (Å²) in [7, 11) is 0. The molecule has 3 rings (SSSR count). The van der Waals surface area contributed by atoms with E-state index in [9.17, 15) is 4.79 Å². The monoisotopic (exact) mass is 384 g/mol. The fourth-order valence-electron chi connectivity index (χ4n) is 1.97. The third-order valence-corrected chi connectivity index (χ3v) is 3.59. The minimum Gasteiger partial charge on any atom is -0.452 e. The molecule has 0 amide bonds. The quantitative estimate of drug-likeness (QED) is 0.485. The summed E-state index contributed by atoms with van der Waals surface area (Å²) in [6.45, 7) is -0.0680. The van der Waals surface area contributed by atoms with Gasteiger partial charge in [0.25, 0.3) is 5.89 Å². The predicted molar refractivity (Wildman–Crippen MR) is 92.7 cm³/mol. The highest BCUT2D eigenvalue weighted by atomic mass is 79.9. The van der Waals surface area contributed by atoms with Crippen LogP contribution in [0.3, 0.4) is 0 Å². The molecule has 120 valence electrons. The van der Waals surface area contributed by atoms with Crippen LogP contribution in [-0.4, -0.2) is 16.1 Å². The Morgan fingerprint density at radius 1 is 1.17 bits per heavy atom. The first-order valence-electron chi connectivity index (χ1n) is 7.19. The van der Waals surface area contributed by atoms with Crippen molar-refractivity contribution in [2.45, 2.75) is 6.61 Å². The van der Waals surface area contributed by atoms with E-state index in [-0.39, 0.29) is 12.5 Å². The van der Waals surface area contributed by atoms with Crippen LogP contribution in [0.5, 0.6) is 0 Å². The number of carbonyl (C=O) groups is 1. The van der Waals surface area contributed by atoms with Gasteiger partial charge in [0, 0.05) is 16.1 Å². The Balaban J connectivity index is 1.56. The fourth-order valence-corrected chi connectivity index (χ4v) is 2.39. The van der Waals surface area contributed by atoms with E-state index in [0.29, 0.717) is 5.82 Å². The van der Waals surface area contributed by atoms with E-state index in [2.05, 4.69) is 26.1 Å². The van der Waals surface area contributed by atoms with E-state index in [1.165, 1.54) is 6.08 Å². The normalized spacial score (nSPS) is 10.9. The molecule has 0 radical (unpaired) electrons. The number of aromatic nitrogens is 2. The number of benzene rings is 2. The molecule has 2 aromatic carbocycles. The molecule has 0 bridgehead atoms. The molecule has 0 unspecified atom stereocenters. The molecule has 3 aromatic rings. The van der Waals surface area contributed by atoms with Gasteiger partial charge >= 0.3 is 5.97 Å². The third kappa shape index (κ3) is 4.39. The van der Waals surface area contributed by atoms with Gasteiger partial charge in [-0.1, -0.05) is 63.6 Å². The Bertz CT molecular complexity index is 859. The lowest BCUT2D eigenvalue weighted by Crippen LogP contribution is -2.00. The molecule has 0 spiro atoms. The second-order valence-corrected chi connectivity index (χ2v) is 5.79. The molecule has 0 saturated carbocycles. The Hall–Kier alpha value is -2.73. The fraction of sp³-hybridized carbons (Fsp3) is 0.0556. The molecule has 0 atom stereocenters. The zero-order valence-corrected chi connectivity index (χ0v) is 14.1. The molecule has 0 fully saturated rings. The van der Waals surface area contributed by atoms with Crippen molar-refractivity contribution in [3.05, 3.63) is 76.6 Å². The maximum Gasteiger partial charge on any atom is 0.331 e. The summed E-state index contributed by atoms with van der Waals surface area (Å²) in [5, 5.41) is 3.87. The molecule has 6 heteroatoms. The summed E-state index contributed by atoms with van der Waals surface area (Å²) in [4.78, 5) is 15.9. The lowest BCUT2D eigenvalue weighted by atomic mass is 10.2. The minimum absolute atomic E-state index is 0.0680. The van der Waals surface area contributed by atoms with E-state index in [4.69, 9.17) is 9.26 Å². The van der Waals surface area contributed by atoms with Crippen LogP contribution in [0.4, 0.5) is 0 Å². The van der Waals surface area contributed by atoms with E-state index >= 15 is 0 Å². The van der Waals surface area contributed by atoms with Crippen LogP contribution in [0.25, 0.3) is 17.5 Å². The van der Waals surface area contributed by atoms with Crippen LogP contribution in [-0.2, 0) is 16.1 Å². The van der Waals surface area contributed by atoms with Crippen molar-refractivity contribution in [1.29, 1.82) is 0 Å². The van der Waals surface area contributed by atoms with Crippen LogP contribution < -0.4 is 0 Å². The maximum atomic E-state index is 11.7. The highest BCUT2D eigenvalue weighted by Crippen LogP contribution is 2.15. The molecular formula is C18H13BrN2O3. The topological polar surface area (TPSA) is 65.2 Å². The van der Waals surface area contributed by atoms with Crippen LogP contribution in [0.15, 0.2) is 69.7 Å². The van der Waals surface area contributed by atoms with Crippen molar-refractivity contribution in [3.63, 3.8) is 0 Å². The molecule has 0 aliphatic carbocycles. The molecule has 0 N–H and O–H groups in total. The van der Waals surface area contributed by atoms with E-state index in [1.54, 1.807) is 6.08 Å². The van der Waals surface area contributed by atoms with Crippen molar-refractivity contribution < 1.29 is 14.1 Å². The smallest absolute Gasteiger partial charge is 0.331 e. The van der Waals surface area contributed by atoms with E-state index < -0.39 is 5.97 Å². The Kier molecular flexibility index (Phi) is 5.18. The van der Waals surface area contributed by atoms with Gasteiger partial charge in [0.1, 0.15) is 0 Å². The number of carbonyl (C=O) groups excluding carboxylic acids is 1. The van der Waals surface area contributed by atoms with Crippen LogP contribution in [0.2, 0.25) is 0 Å². The second kappa shape index (κ2) is 7.70. The van der Waals surface area contributed by atoms with Gasteiger partial charge in [0.05, 0.1) is 0 Å². The molecule has 1 heterocycles. The van der Waals surface area contributed by atoms with Gasteiger partial charge < -0.3 is 9.26 Å². The number of halogens is 1. The van der Waals surface area contributed by atoms with Crippen LogP contribution in [0.1, 0.15) is 11.5 Å². The number of rotatable bonds is 5. The standard InChI is InChI=1S/C18H13BrN2O3/c19-15-8-4-5-13(11-15)9-10-17(22)23-12-16-20-18(21-24-16)14-6-2-1-3-7-14/h1-11H,12H2/b10-9+. The first-order valence-corrected chi connectivity index (χ1v) is 7.98. The number of esters is 1. The molecule has 0 aliphatic rings. The molecule has 5 nitrogen and oxygen atoms in total. The second-order valence-electron chi connectivity index (χ2n) is 4.87. The summed E-state index contributed by atoms with van der Waals surface area (Å²) in [6.07, 6.45) is 3.03. The number of hydrogen-bond acceptors (Lipinski definition) is 5. The van der Waals surface area contributed by atoms with Gasteiger partial charge in [0.2, 0.25) is 5.82 Å². The average molecular weight is 385 g/mol. The number of hydrogen-bond donors (Lipinski definition) is 0.